The van der Waals surface area contributed by atoms with E-state index in [-0.39, 0.29) is 60.8 Å². The zero-order valence-corrected chi connectivity index (χ0v) is 62.7. The molecule has 105 heavy (non-hydrogen) atoms. The quantitative estimate of drug-likeness (QED) is 0.0356. The van der Waals surface area contributed by atoms with E-state index in [9.17, 15) is 0 Å². The number of benzene rings is 9. The topological polar surface area (TPSA) is 6.48 Å². The zero-order valence-electron chi connectivity index (χ0n) is 62.7. The molecule has 566 valence electrons. The molecule has 2 nitrogen and oxygen atoms in total. The van der Waals surface area contributed by atoms with Crippen LogP contribution in [0, 0.1) is 13.8 Å². The summed E-state index contributed by atoms with van der Waals surface area (Å²) < 4.78 is 0. The van der Waals surface area contributed by atoms with Gasteiger partial charge in [-0.05, 0) is 220 Å². The summed E-state index contributed by atoms with van der Waals surface area (Å²) in [6.45, 7) is 24.7. The molecule has 9 aromatic rings. The molecule has 0 saturated carbocycles. The molecule has 0 saturated heterocycles. The Balaban J connectivity index is 0.00000330. The van der Waals surface area contributed by atoms with Gasteiger partial charge in [-0.25, -0.2) is 0 Å². The molecule has 0 spiro atoms. The fraction of sp³-hybridized carbons (Fsp3) is 0.456. The number of hydrogen-bond acceptors (Lipinski definition) is 2. The molecule has 0 radical (unpaired) electrons. The van der Waals surface area contributed by atoms with Crippen LogP contribution in [0.25, 0.3) is 50.6 Å². The van der Waals surface area contributed by atoms with Gasteiger partial charge < -0.3 is 9.80 Å². The number of rotatable bonds is 38. The molecule has 2 aliphatic carbocycles. The predicted octanol–water partition coefficient (Wildman–Crippen LogP) is 34.3. The van der Waals surface area contributed by atoms with E-state index >= 15 is 0 Å². The van der Waals surface area contributed by atoms with Crippen LogP contribution < -0.4 is 9.80 Å². The second-order valence-corrected chi connectivity index (χ2v) is 31.1. The number of hydrogen-bond donors (Lipinski definition) is 0. The molecular weight excluding hydrogens is 1270 g/mol. The van der Waals surface area contributed by atoms with Crippen LogP contribution in [-0.4, -0.2) is 0 Å². The summed E-state index contributed by atoms with van der Waals surface area (Å²) >= 11 is 0. The Hall–Kier alpha value is -7.68. The average Bonchev–Trinajstić information content (AvgIpc) is 1.53. The van der Waals surface area contributed by atoms with Crippen LogP contribution in [0.3, 0.4) is 0 Å². The van der Waals surface area contributed by atoms with Crippen molar-refractivity contribution >= 4 is 40.2 Å². The van der Waals surface area contributed by atoms with Gasteiger partial charge in [0.15, 0.2) is 0 Å². The fourth-order valence-corrected chi connectivity index (χ4v) is 16.9. The van der Waals surface area contributed by atoms with Gasteiger partial charge in [0.25, 0.3) is 0 Å². The molecule has 0 heterocycles. The van der Waals surface area contributed by atoms with Gasteiger partial charge in [0.05, 0.1) is 0 Å². The number of unbranched alkanes of at least 4 members (excludes halogenated alkanes) is 21. The van der Waals surface area contributed by atoms with Crippen molar-refractivity contribution in [1.82, 2.24) is 0 Å². The number of fused-ring (bicyclic) bond motifs is 6. The Kier molecular flexibility index (Phi) is 35.2. The summed E-state index contributed by atoms with van der Waals surface area (Å²) in [6.07, 6.45) is 39.4. The summed E-state index contributed by atoms with van der Waals surface area (Å²) in [6, 6.07) is 76.4. The maximum absolute atomic E-state index is 4.06. The van der Waals surface area contributed by atoms with E-state index < -0.39 is 0 Å². The highest BCUT2D eigenvalue weighted by atomic mass is 15.1. The monoisotopic (exact) mass is 1410 g/mol. The van der Waals surface area contributed by atoms with Crippen LogP contribution in [0.5, 0.6) is 0 Å². The highest BCUT2D eigenvalue weighted by molar-refractivity contribution is 5.92. The lowest BCUT2D eigenvalue weighted by atomic mass is 9.68. The lowest BCUT2D eigenvalue weighted by Gasteiger charge is -2.35. The van der Waals surface area contributed by atoms with Crippen molar-refractivity contribution in [3.05, 3.63) is 245 Å². The van der Waals surface area contributed by atoms with Crippen LogP contribution in [0.2, 0.25) is 0 Å². The molecule has 0 aromatic heterocycles. The van der Waals surface area contributed by atoms with Crippen molar-refractivity contribution in [3.63, 3.8) is 0 Å². The minimum Gasteiger partial charge on any atom is -0.311 e. The molecule has 0 bridgehead atoms. The maximum atomic E-state index is 4.06. The summed E-state index contributed by atoms with van der Waals surface area (Å²) in [7, 11) is 0. The summed E-state index contributed by atoms with van der Waals surface area (Å²) in [5.74, 6) is 0. The Labute approximate surface area is 645 Å². The Bertz CT molecular complexity index is 3970. The van der Waals surface area contributed by atoms with Gasteiger partial charge in [-0.3, -0.25) is 0 Å². The largest absolute Gasteiger partial charge is 0.311 e. The van der Waals surface area contributed by atoms with Gasteiger partial charge in [0, 0.05) is 45.0 Å². The van der Waals surface area contributed by atoms with Crippen LogP contribution in [0.15, 0.2) is 201 Å². The van der Waals surface area contributed by atoms with Gasteiger partial charge >= 0.3 is 0 Å². The molecule has 9 aromatic carbocycles. The molecule has 2 aliphatic rings. The number of nitrogens with zero attached hydrogens (tertiary/aromatic N) is 2. The summed E-state index contributed by atoms with van der Waals surface area (Å²) in [5.41, 5.74) is 29.6. The SMILES string of the molecule is C.C.C.C.C.C.C=Cc1ccc(N(c2ccc(C)cc2)c2ccc(-c3ccc4c(c3)C(CCCCCCCC)(CCCCCCCC)c3cc5c(cc3-4)C(CCCCCCCC)(CCCCCCCCC)c3cc(-c4ccc(N(c6ccc(C)cc6)c6ccc(C(C)(C)C)cc6)cc4)ccc3-5)cc2)cc1. The van der Waals surface area contributed by atoms with E-state index in [1.807, 2.05) is 6.08 Å². The van der Waals surface area contributed by atoms with Crippen molar-refractivity contribution in [1.29, 1.82) is 0 Å². The lowest BCUT2D eigenvalue weighted by Crippen LogP contribution is -2.27. The minimum absolute atomic E-state index is 0. The molecular formula is C103H144N2. The van der Waals surface area contributed by atoms with Crippen LogP contribution in [0.4, 0.5) is 34.1 Å². The van der Waals surface area contributed by atoms with Gasteiger partial charge in [-0.1, -0.05) is 374 Å². The second kappa shape index (κ2) is 42.0. The Morgan fingerprint density at radius 3 is 0.819 bits per heavy atom. The first kappa shape index (κ1) is 88.0. The van der Waals surface area contributed by atoms with E-state index in [1.165, 1.54) is 264 Å². The third-order valence-corrected chi connectivity index (χ3v) is 22.8. The highest BCUT2D eigenvalue weighted by Crippen LogP contribution is 2.62. The predicted molar refractivity (Wildman–Crippen MR) is 474 cm³/mol. The Morgan fingerprint density at radius 2 is 0.533 bits per heavy atom. The first-order valence-corrected chi connectivity index (χ1v) is 39.6. The van der Waals surface area contributed by atoms with Crippen molar-refractivity contribution in [2.24, 2.45) is 0 Å². The highest BCUT2D eigenvalue weighted by Gasteiger charge is 2.48. The standard InChI is InChI=1S/C97H120N2.6CH4/c1-11-16-20-24-28-32-36-68-97(67-35-31-27-23-19-14-4)92-70-79(77-45-59-85(60-46-77)99(82-53-39-74(7)40-54-82)86-61-49-80(50-62-86)95(8,9)10)48-64-88(92)90-71-93-89(72-94(90)97)87-63-47-78(69-91(87)96(93,65-33-29-25-21-17-12-2)66-34-30-26-22-18-13-3)76-43-57-84(58-44-76)98(81-51-37-73(6)38-52-81)83-55-41-75(15-5)42-56-83;;;;;;/h15,37-64,69-72H,5,11-14,16-36,65-68H2,1-4,6-10H3;6*1H4. The van der Waals surface area contributed by atoms with Gasteiger partial charge in [-0.15, -0.1) is 0 Å². The van der Waals surface area contributed by atoms with E-state index in [4.69, 9.17) is 0 Å². The van der Waals surface area contributed by atoms with E-state index in [1.54, 1.807) is 22.3 Å². The van der Waals surface area contributed by atoms with Gasteiger partial charge in [0.1, 0.15) is 0 Å². The third-order valence-electron chi connectivity index (χ3n) is 22.8. The molecule has 0 fully saturated rings. The smallest absolute Gasteiger partial charge is 0.0462 e. The molecule has 0 aliphatic heterocycles. The number of anilines is 6. The van der Waals surface area contributed by atoms with Crippen LogP contribution in [-0.2, 0) is 16.2 Å². The summed E-state index contributed by atoms with van der Waals surface area (Å²) in [5, 5.41) is 0. The number of aryl methyl sites for hydroxylation is 2. The normalized spacial score (nSPS) is 13.4. The van der Waals surface area contributed by atoms with Gasteiger partial charge in [0.2, 0.25) is 0 Å². The molecule has 0 amide bonds. The Morgan fingerprint density at radius 1 is 0.286 bits per heavy atom. The maximum Gasteiger partial charge on any atom is 0.0462 e. The first-order valence-electron chi connectivity index (χ1n) is 39.6. The molecule has 1 unspecified atom stereocenters. The molecule has 1 atom stereocenters. The molecule has 11 rings (SSSR count). The lowest BCUT2D eigenvalue weighted by molar-refractivity contribution is 0.394. The zero-order chi connectivity index (χ0) is 69.2. The molecule has 0 N–H and O–H groups in total. The van der Waals surface area contributed by atoms with Gasteiger partial charge in [-0.2, -0.15) is 0 Å². The van der Waals surface area contributed by atoms with Crippen molar-refractivity contribution in [3.8, 4) is 44.5 Å². The van der Waals surface area contributed by atoms with Crippen LogP contribution in [0.1, 0.15) is 324 Å². The van der Waals surface area contributed by atoms with E-state index in [2.05, 4.69) is 273 Å². The minimum atomic E-state index is -0.0864. The second-order valence-electron chi connectivity index (χ2n) is 31.1. The molecule has 2 heteroatoms. The third kappa shape index (κ3) is 20.7. The fourth-order valence-electron chi connectivity index (χ4n) is 16.9. The summed E-state index contributed by atoms with van der Waals surface area (Å²) in [4.78, 5) is 4.83. The van der Waals surface area contributed by atoms with Crippen LogP contribution >= 0.6 is 0 Å². The van der Waals surface area contributed by atoms with Crippen molar-refractivity contribution in [2.45, 2.75) is 309 Å². The van der Waals surface area contributed by atoms with Crippen molar-refractivity contribution in [2.75, 3.05) is 9.80 Å². The average molecular weight is 1410 g/mol. The van der Waals surface area contributed by atoms with E-state index in [0.29, 0.717) is 0 Å². The van der Waals surface area contributed by atoms with E-state index in [0.717, 1.165) is 22.6 Å². The van der Waals surface area contributed by atoms with Crippen molar-refractivity contribution < 1.29 is 0 Å². The first-order chi connectivity index (χ1) is 48.3.